The van der Waals surface area contributed by atoms with Gasteiger partial charge in [-0.1, -0.05) is 36.4 Å². The van der Waals surface area contributed by atoms with Crippen LogP contribution < -0.4 is 4.90 Å². The van der Waals surface area contributed by atoms with Gasteiger partial charge < -0.3 is 4.90 Å². The number of tetrazole rings is 1. The summed E-state index contributed by atoms with van der Waals surface area (Å²) < 4.78 is 27.1. The maximum absolute atomic E-state index is 12.6. The number of hydrogen-bond donors (Lipinski definition) is 1. The zero-order chi connectivity index (χ0) is 18.0. The van der Waals surface area contributed by atoms with Crippen molar-refractivity contribution >= 4 is 21.4 Å². The summed E-state index contributed by atoms with van der Waals surface area (Å²) >= 11 is 1.26. The van der Waals surface area contributed by atoms with Crippen LogP contribution in [-0.2, 0) is 16.7 Å². The molecule has 0 bridgehead atoms. The Balaban J connectivity index is 1.37. The first-order chi connectivity index (χ1) is 12.6. The van der Waals surface area contributed by atoms with Gasteiger partial charge in [-0.3, -0.25) is 0 Å². The van der Waals surface area contributed by atoms with Crippen LogP contribution >= 0.6 is 11.3 Å². The number of thiophene rings is 1. The summed E-state index contributed by atoms with van der Waals surface area (Å²) in [5, 5.41) is 14.4. The second-order valence-electron chi connectivity index (χ2n) is 6.10. The summed E-state index contributed by atoms with van der Waals surface area (Å²) in [6.45, 7) is 3.00. The molecule has 10 heteroatoms. The molecule has 1 N–H and O–H groups in total. The van der Waals surface area contributed by atoms with E-state index < -0.39 is 10.0 Å². The van der Waals surface area contributed by atoms with Crippen molar-refractivity contribution < 1.29 is 13.3 Å². The third-order valence-electron chi connectivity index (χ3n) is 4.37. The fraction of sp³-hybridized carbons (Fsp3) is 0.312. The Bertz CT molecular complexity index is 948. The van der Waals surface area contributed by atoms with Crippen LogP contribution in [0.1, 0.15) is 0 Å². The van der Waals surface area contributed by atoms with Crippen molar-refractivity contribution in [3.8, 4) is 11.4 Å². The first-order valence-electron chi connectivity index (χ1n) is 8.33. The molecule has 0 saturated carbocycles. The van der Waals surface area contributed by atoms with Crippen molar-refractivity contribution in [2.24, 2.45) is 0 Å². The third-order valence-corrected chi connectivity index (χ3v) is 7.64. The van der Waals surface area contributed by atoms with E-state index in [-0.39, 0.29) is 0 Å². The zero-order valence-electron chi connectivity index (χ0n) is 14.0. The molecule has 4 rings (SSSR count). The molecule has 0 amide bonds. The van der Waals surface area contributed by atoms with E-state index in [0.717, 1.165) is 5.56 Å². The van der Waals surface area contributed by atoms with Crippen molar-refractivity contribution in [1.29, 1.82) is 0 Å². The van der Waals surface area contributed by atoms with Gasteiger partial charge in [0.05, 0.1) is 26.2 Å². The lowest BCUT2D eigenvalue weighted by molar-refractivity contribution is -0.927. The van der Waals surface area contributed by atoms with E-state index in [1.54, 1.807) is 26.6 Å². The maximum atomic E-state index is 12.6. The topological polar surface area (TPSA) is 85.4 Å². The molecule has 2 aromatic heterocycles. The summed E-state index contributed by atoms with van der Waals surface area (Å²) in [6, 6.07) is 13.1. The van der Waals surface area contributed by atoms with Gasteiger partial charge in [0.1, 0.15) is 4.21 Å². The molecule has 8 nitrogen and oxygen atoms in total. The van der Waals surface area contributed by atoms with Crippen molar-refractivity contribution in [3.63, 3.8) is 0 Å². The zero-order valence-corrected chi connectivity index (χ0v) is 15.7. The predicted octanol–water partition coefficient (Wildman–Crippen LogP) is -0.0515. The highest BCUT2D eigenvalue weighted by Crippen LogP contribution is 2.20. The summed E-state index contributed by atoms with van der Waals surface area (Å²) in [7, 11) is -3.36. The summed E-state index contributed by atoms with van der Waals surface area (Å²) in [4.78, 5) is 2.82. The van der Waals surface area contributed by atoms with Crippen molar-refractivity contribution in [3.05, 3.63) is 47.8 Å². The average Bonchev–Trinajstić information content (AvgIpc) is 3.35. The number of nitrogens with one attached hydrogen (secondary N) is 1. The Morgan fingerprint density at radius 3 is 2.54 bits per heavy atom. The van der Waals surface area contributed by atoms with Crippen molar-refractivity contribution in [2.75, 3.05) is 26.2 Å². The fourth-order valence-corrected chi connectivity index (χ4v) is 5.54. The van der Waals surface area contributed by atoms with Gasteiger partial charge in [-0.25, -0.2) is 8.42 Å². The fourth-order valence-electron chi connectivity index (χ4n) is 2.95. The third kappa shape index (κ3) is 3.54. The normalized spacial score (nSPS) is 16.8. The minimum absolute atomic E-state index is 0.409. The quantitative estimate of drug-likeness (QED) is 0.659. The molecule has 0 aliphatic carbocycles. The number of quaternary nitrogens is 1. The van der Waals surface area contributed by atoms with E-state index in [0.29, 0.717) is 42.9 Å². The predicted molar refractivity (Wildman–Crippen MR) is 97.0 cm³/mol. The van der Waals surface area contributed by atoms with E-state index in [1.165, 1.54) is 16.2 Å². The Morgan fingerprint density at radius 2 is 1.85 bits per heavy atom. The molecule has 0 atom stereocenters. The molecule has 0 spiro atoms. The van der Waals surface area contributed by atoms with Crippen LogP contribution in [0.25, 0.3) is 11.4 Å². The summed E-state index contributed by atoms with van der Waals surface area (Å²) in [5.74, 6) is 0.601. The Hall–Kier alpha value is -2.14. The molecular weight excluding hydrogens is 372 g/mol. The Kier molecular flexibility index (Phi) is 4.81. The highest BCUT2D eigenvalue weighted by Gasteiger charge is 2.31. The molecule has 3 heterocycles. The SMILES string of the molecule is O=S(=O)(c1cccs1)N1CC[NH+](Cn2nnc(-c3ccccc3)n2)CC1. The monoisotopic (exact) mass is 391 g/mol. The van der Waals surface area contributed by atoms with Crippen molar-refractivity contribution in [1.82, 2.24) is 24.5 Å². The van der Waals surface area contributed by atoms with Gasteiger partial charge in [-0.05, 0) is 16.7 Å². The van der Waals surface area contributed by atoms with Crippen LogP contribution in [0.2, 0.25) is 0 Å². The molecule has 1 aliphatic rings. The lowest BCUT2D eigenvalue weighted by atomic mass is 10.2. The highest BCUT2D eigenvalue weighted by atomic mass is 32.2. The van der Waals surface area contributed by atoms with Gasteiger partial charge in [0, 0.05) is 5.56 Å². The van der Waals surface area contributed by atoms with Crippen LogP contribution in [0.4, 0.5) is 0 Å². The molecule has 0 unspecified atom stereocenters. The molecule has 0 radical (unpaired) electrons. The number of aromatic nitrogens is 4. The summed E-state index contributed by atoms with van der Waals surface area (Å²) in [6.07, 6.45) is 0. The van der Waals surface area contributed by atoms with Crippen LogP contribution in [0.15, 0.2) is 52.1 Å². The van der Waals surface area contributed by atoms with Crippen molar-refractivity contribution in [2.45, 2.75) is 10.9 Å². The molecular formula is C16H19N6O2S2+. The van der Waals surface area contributed by atoms with Gasteiger partial charge in [0.15, 0.2) is 6.67 Å². The van der Waals surface area contributed by atoms with Gasteiger partial charge >= 0.3 is 0 Å². The first kappa shape index (κ1) is 17.3. The molecule has 26 heavy (non-hydrogen) atoms. The van der Waals surface area contributed by atoms with Gasteiger partial charge in [0.25, 0.3) is 10.0 Å². The van der Waals surface area contributed by atoms with E-state index in [4.69, 9.17) is 0 Å². The highest BCUT2D eigenvalue weighted by molar-refractivity contribution is 7.91. The average molecular weight is 392 g/mol. The molecule has 136 valence electrons. The number of hydrogen-bond acceptors (Lipinski definition) is 6. The van der Waals surface area contributed by atoms with E-state index in [1.807, 2.05) is 30.3 Å². The van der Waals surface area contributed by atoms with Crippen LogP contribution in [0, 0.1) is 0 Å². The van der Waals surface area contributed by atoms with Gasteiger partial charge in [-0.15, -0.1) is 26.3 Å². The molecule has 1 aliphatic heterocycles. The number of rotatable bonds is 5. The number of sulfonamides is 1. The minimum atomic E-state index is -3.36. The Labute approximate surface area is 155 Å². The molecule has 3 aromatic rings. The smallest absolute Gasteiger partial charge is 0.252 e. The lowest BCUT2D eigenvalue weighted by Gasteiger charge is -2.30. The number of benzene rings is 1. The minimum Gasteiger partial charge on any atom is -0.313 e. The van der Waals surface area contributed by atoms with Gasteiger partial charge in [0.2, 0.25) is 5.82 Å². The Morgan fingerprint density at radius 1 is 1.08 bits per heavy atom. The second kappa shape index (κ2) is 7.23. The molecule has 1 saturated heterocycles. The van der Waals surface area contributed by atoms with Crippen LogP contribution in [0.5, 0.6) is 0 Å². The van der Waals surface area contributed by atoms with E-state index >= 15 is 0 Å². The first-order valence-corrected chi connectivity index (χ1v) is 10.7. The van der Waals surface area contributed by atoms with Gasteiger partial charge in [-0.2, -0.15) is 4.31 Å². The lowest BCUT2D eigenvalue weighted by Crippen LogP contribution is -3.14. The number of nitrogens with zero attached hydrogens (tertiary/aromatic N) is 5. The molecule has 1 fully saturated rings. The molecule has 1 aromatic carbocycles. The number of piperazine rings is 1. The summed E-state index contributed by atoms with van der Waals surface area (Å²) in [5.41, 5.74) is 0.931. The van der Waals surface area contributed by atoms with Crippen LogP contribution in [-0.4, -0.2) is 59.1 Å². The van der Waals surface area contributed by atoms with E-state index in [9.17, 15) is 8.42 Å². The maximum Gasteiger partial charge on any atom is 0.252 e. The van der Waals surface area contributed by atoms with E-state index in [2.05, 4.69) is 15.4 Å². The second-order valence-corrected chi connectivity index (χ2v) is 9.21. The standard InChI is InChI=1S/C16H18N6O2S2/c23-26(24,15-7-4-12-25-15)21-10-8-20(9-11-21)13-22-18-16(17-19-22)14-5-2-1-3-6-14/h1-7,12H,8-11,13H2/p+1. The van der Waals surface area contributed by atoms with Crippen LogP contribution in [0.3, 0.4) is 0 Å². The largest absolute Gasteiger partial charge is 0.313 e.